The van der Waals surface area contributed by atoms with E-state index in [-0.39, 0.29) is 0 Å². The summed E-state index contributed by atoms with van der Waals surface area (Å²) in [6, 6.07) is 16.6. The Morgan fingerprint density at radius 3 is 2.57 bits per heavy atom. The molecule has 0 spiro atoms. The Hall–Kier alpha value is -2.02. The molecule has 0 radical (unpaired) electrons. The Kier molecular flexibility index (Phi) is 5.62. The van der Waals surface area contributed by atoms with Gasteiger partial charge < -0.3 is 4.74 Å². The molecule has 0 bridgehead atoms. The quantitative estimate of drug-likeness (QED) is 0.472. The number of unbranched alkanes of at least 4 members (excludes halogenated alkanes) is 2. The summed E-state index contributed by atoms with van der Waals surface area (Å²) in [5.74, 6) is 1.87. The van der Waals surface area contributed by atoms with Crippen LogP contribution in [-0.2, 0) is 0 Å². The van der Waals surface area contributed by atoms with Gasteiger partial charge in [-0.15, -0.1) is 0 Å². The highest BCUT2D eigenvalue weighted by molar-refractivity contribution is 5.64. The van der Waals surface area contributed by atoms with Crippen molar-refractivity contribution < 1.29 is 4.74 Å². The van der Waals surface area contributed by atoms with E-state index in [0.717, 1.165) is 17.9 Å². The van der Waals surface area contributed by atoms with Gasteiger partial charge >= 0.3 is 0 Å². The van der Waals surface area contributed by atoms with E-state index in [0.29, 0.717) is 0 Å². The van der Waals surface area contributed by atoms with Gasteiger partial charge in [0, 0.05) is 5.56 Å². The van der Waals surface area contributed by atoms with Crippen LogP contribution in [0.2, 0.25) is 0 Å². The van der Waals surface area contributed by atoms with Crippen LogP contribution in [0.1, 0.15) is 42.9 Å². The zero-order valence-electron chi connectivity index (χ0n) is 13.2. The predicted octanol–water partition coefficient (Wildman–Crippen LogP) is 5.91. The minimum absolute atomic E-state index is 0.904. The molecule has 0 aliphatic heterocycles. The second-order valence-corrected chi connectivity index (χ2v) is 5.44. The number of hydrogen-bond donors (Lipinski definition) is 0. The number of ether oxygens (including phenoxy) is 1. The lowest BCUT2D eigenvalue weighted by Gasteiger charge is -2.13. The highest BCUT2D eigenvalue weighted by atomic mass is 16.5. The maximum Gasteiger partial charge on any atom is 0.130 e. The van der Waals surface area contributed by atoms with Crippen molar-refractivity contribution >= 4 is 5.76 Å². The molecule has 0 unspecified atom stereocenters. The van der Waals surface area contributed by atoms with Crippen LogP contribution < -0.4 is 4.74 Å². The SMILES string of the molecule is CCCC/C=C(\Oc1cccc(C)c1)c1ccccc1C. The van der Waals surface area contributed by atoms with E-state index >= 15 is 0 Å². The zero-order valence-corrected chi connectivity index (χ0v) is 13.2. The first-order valence-electron chi connectivity index (χ1n) is 7.71. The highest BCUT2D eigenvalue weighted by Crippen LogP contribution is 2.25. The van der Waals surface area contributed by atoms with Gasteiger partial charge in [0.05, 0.1) is 0 Å². The molecule has 0 fully saturated rings. The molecule has 0 atom stereocenters. The van der Waals surface area contributed by atoms with Crippen molar-refractivity contribution in [3.8, 4) is 5.75 Å². The van der Waals surface area contributed by atoms with E-state index in [9.17, 15) is 0 Å². The van der Waals surface area contributed by atoms with Gasteiger partial charge in [0.1, 0.15) is 11.5 Å². The standard InChI is InChI=1S/C20H24O/c1-4-5-6-14-20(19-13-8-7-11-17(19)3)21-18-12-9-10-16(2)15-18/h7-15H,4-6H2,1-3H3/b20-14-. The van der Waals surface area contributed by atoms with E-state index in [2.05, 4.69) is 63.2 Å². The van der Waals surface area contributed by atoms with Gasteiger partial charge in [-0.2, -0.15) is 0 Å². The topological polar surface area (TPSA) is 9.23 Å². The fourth-order valence-corrected chi connectivity index (χ4v) is 2.30. The fraction of sp³-hybridized carbons (Fsp3) is 0.300. The number of hydrogen-bond acceptors (Lipinski definition) is 1. The smallest absolute Gasteiger partial charge is 0.130 e. The second kappa shape index (κ2) is 7.68. The summed E-state index contributed by atoms with van der Waals surface area (Å²) in [5, 5.41) is 0. The van der Waals surface area contributed by atoms with Crippen LogP contribution in [-0.4, -0.2) is 0 Å². The van der Waals surface area contributed by atoms with Gasteiger partial charge in [-0.05, 0) is 56.0 Å². The molecule has 0 saturated carbocycles. The lowest BCUT2D eigenvalue weighted by atomic mass is 10.1. The number of aryl methyl sites for hydroxylation is 2. The second-order valence-electron chi connectivity index (χ2n) is 5.44. The average molecular weight is 280 g/mol. The van der Waals surface area contributed by atoms with Crippen LogP contribution in [0.4, 0.5) is 0 Å². The lowest BCUT2D eigenvalue weighted by molar-refractivity contribution is 0.511. The molecule has 2 aromatic carbocycles. The van der Waals surface area contributed by atoms with Gasteiger partial charge in [0.15, 0.2) is 0 Å². The molecular weight excluding hydrogens is 256 g/mol. The molecule has 2 rings (SSSR count). The molecular formula is C20H24O. The van der Waals surface area contributed by atoms with E-state index in [1.54, 1.807) is 0 Å². The molecule has 0 aromatic heterocycles. The molecule has 0 N–H and O–H groups in total. The molecule has 1 nitrogen and oxygen atoms in total. The summed E-state index contributed by atoms with van der Waals surface area (Å²) in [5.41, 5.74) is 3.63. The van der Waals surface area contributed by atoms with Gasteiger partial charge in [0.25, 0.3) is 0 Å². The lowest BCUT2D eigenvalue weighted by Crippen LogP contribution is -1.98. The van der Waals surface area contributed by atoms with Crippen molar-refractivity contribution in [2.75, 3.05) is 0 Å². The van der Waals surface area contributed by atoms with Gasteiger partial charge in [-0.3, -0.25) is 0 Å². The van der Waals surface area contributed by atoms with Gasteiger partial charge in [-0.25, -0.2) is 0 Å². The van der Waals surface area contributed by atoms with Gasteiger partial charge in [-0.1, -0.05) is 49.7 Å². The van der Waals surface area contributed by atoms with Crippen molar-refractivity contribution in [2.45, 2.75) is 40.0 Å². The minimum Gasteiger partial charge on any atom is -0.457 e. The zero-order chi connectivity index (χ0) is 15.1. The molecule has 21 heavy (non-hydrogen) atoms. The molecule has 0 saturated heterocycles. The maximum atomic E-state index is 6.17. The average Bonchev–Trinajstić information content (AvgIpc) is 2.47. The van der Waals surface area contributed by atoms with Crippen LogP contribution >= 0.6 is 0 Å². The van der Waals surface area contributed by atoms with Crippen LogP contribution in [0, 0.1) is 13.8 Å². The highest BCUT2D eigenvalue weighted by Gasteiger charge is 2.07. The molecule has 0 amide bonds. The van der Waals surface area contributed by atoms with Crippen LogP contribution in [0.3, 0.4) is 0 Å². The fourth-order valence-electron chi connectivity index (χ4n) is 2.30. The monoisotopic (exact) mass is 280 g/mol. The van der Waals surface area contributed by atoms with Crippen molar-refractivity contribution in [3.05, 3.63) is 71.3 Å². The Balaban J connectivity index is 2.28. The summed E-state index contributed by atoms with van der Waals surface area (Å²) >= 11 is 0. The third kappa shape index (κ3) is 4.49. The minimum atomic E-state index is 0.904. The van der Waals surface area contributed by atoms with Crippen molar-refractivity contribution in [1.82, 2.24) is 0 Å². The van der Waals surface area contributed by atoms with Crippen molar-refractivity contribution in [2.24, 2.45) is 0 Å². The van der Waals surface area contributed by atoms with Crippen molar-refractivity contribution in [3.63, 3.8) is 0 Å². The Morgan fingerprint density at radius 1 is 1.05 bits per heavy atom. The largest absolute Gasteiger partial charge is 0.457 e. The van der Waals surface area contributed by atoms with E-state index in [1.807, 2.05) is 12.1 Å². The van der Waals surface area contributed by atoms with E-state index in [4.69, 9.17) is 4.74 Å². The summed E-state index contributed by atoms with van der Waals surface area (Å²) < 4.78 is 6.17. The summed E-state index contributed by atoms with van der Waals surface area (Å²) in [6.45, 7) is 6.42. The molecule has 110 valence electrons. The number of rotatable bonds is 6. The predicted molar refractivity (Wildman–Crippen MR) is 90.5 cm³/mol. The molecule has 0 aliphatic carbocycles. The van der Waals surface area contributed by atoms with E-state index in [1.165, 1.54) is 29.5 Å². The summed E-state index contributed by atoms with van der Waals surface area (Å²) in [4.78, 5) is 0. The van der Waals surface area contributed by atoms with Crippen LogP contribution in [0.5, 0.6) is 5.75 Å². The summed E-state index contributed by atoms with van der Waals surface area (Å²) in [6.07, 6.45) is 5.65. The Morgan fingerprint density at radius 2 is 1.86 bits per heavy atom. The van der Waals surface area contributed by atoms with E-state index < -0.39 is 0 Å². The van der Waals surface area contributed by atoms with Gasteiger partial charge in [0.2, 0.25) is 0 Å². The third-order valence-electron chi connectivity index (χ3n) is 3.52. The third-order valence-corrected chi connectivity index (χ3v) is 3.52. The van der Waals surface area contributed by atoms with Crippen LogP contribution in [0.15, 0.2) is 54.6 Å². The number of benzene rings is 2. The number of allylic oxidation sites excluding steroid dienone is 1. The Bertz CT molecular complexity index is 611. The summed E-state index contributed by atoms with van der Waals surface area (Å²) in [7, 11) is 0. The molecule has 0 heterocycles. The Labute approximate surface area is 128 Å². The molecule has 2 aromatic rings. The molecule has 1 heteroatoms. The van der Waals surface area contributed by atoms with Crippen LogP contribution in [0.25, 0.3) is 5.76 Å². The first-order valence-corrected chi connectivity index (χ1v) is 7.71. The maximum absolute atomic E-state index is 6.17. The normalized spacial score (nSPS) is 11.5. The molecule has 0 aliphatic rings. The first kappa shape index (κ1) is 15.4. The van der Waals surface area contributed by atoms with Crippen molar-refractivity contribution in [1.29, 1.82) is 0 Å². The first-order chi connectivity index (χ1) is 10.2.